The fraction of sp³-hybridized carbons (Fsp3) is 0.667. The fourth-order valence-electron chi connectivity index (χ4n) is 4.85. The van der Waals surface area contributed by atoms with Crippen molar-refractivity contribution in [3.63, 3.8) is 0 Å². The molecule has 1 aliphatic carbocycles. The van der Waals surface area contributed by atoms with E-state index < -0.39 is 37.0 Å². The summed E-state index contributed by atoms with van der Waals surface area (Å²) in [7, 11) is 0. The Balaban J connectivity index is 0.00000178. The number of halogens is 1. The minimum atomic E-state index is -2.06. The molecule has 1 aromatic carbocycles. The van der Waals surface area contributed by atoms with Crippen LogP contribution in [0, 0.1) is 11.8 Å². The van der Waals surface area contributed by atoms with Gasteiger partial charge in [0.05, 0.1) is 18.0 Å². The van der Waals surface area contributed by atoms with Crippen LogP contribution in [0.5, 0.6) is 0 Å². The van der Waals surface area contributed by atoms with Crippen LogP contribution in [0.4, 0.5) is 4.39 Å². The van der Waals surface area contributed by atoms with Gasteiger partial charge in [-0.1, -0.05) is 82.3 Å². The summed E-state index contributed by atoms with van der Waals surface area (Å²) in [6, 6.07) is 7.93. The van der Waals surface area contributed by atoms with Gasteiger partial charge in [-0.3, -0.25) is 4.79 Å². The van der Waals surface area contributed by atoms with Crippen LogP contribution in [0.25, 0.3) is 0 Å². The van der Waals surface area contributed by atoms with Crippen molar-refractivity contribution in [3.05, 3.63) is 35.4 Å². The summed E-state index contributed by atoms with van der Waals surface area (Å²) >= 11 is 0. The highest BCUT2D eigenvalue weighted by Crippen LogP contribution is 2.34. The molecule has 224 valence electrons. The van der Waals surface area contributed by atoms with Crippen LogP contribution < -0.4 is 5.32 Å². The standard InChI is InChI=1S/C27H39FN4O5.C3H8/c1-3-23(33)27(36)26(35)22(28)15-30-37-16-24(34)29-14-18-10-12-19(13-11-18)25-21-9-7-5-4-6-8-20(21)17(2)31-32-25;1-3-2/h10-13,15,20-23,26-27,33,35-36H,3-9,14,16H2,1-2H3,(H,29,34);3H2,1-2H3/b30-15+;/t20?,21?,22-,23+,26+,27+;/m0./s1/i28-1;. The predicted octanol–water partition coefficient (Wildman–Crippen LogP) is 4.32. The number of rotatable bonds is 11. The molecule has 1 amide bonds. The molecule has 1 aliphatic heterocycles. The fourth-order valence-corrected chi connectivity index (χ4v) is 4.85. The molecule has 0 bridgehead atoms. The molecule has 0 aromatic heterocycles. The molecule has 3 rings (SSSR count). The number of oxime groups is 1. The van der Waals surface area contributed by atoms with Gasteiger partial charge in [0, 0.05) is 24.1 Å². The van der Waals surface area contributed by atoms with Gasteiger partial charge in [0.1, 0.15) is 12.2 Å². The molecule has 0 spiro atoms. The van der Waals surface area contributed by atoms with Crippen LogP contribution in [-0.4, -0.2) is 70.0 Å². The minimum Gasteiger partial charge on any atom is -0.390 e. The summed E-state index contributed by atoms with van der Waals surface area (Å²) in [4.78, 5) is 16.8. The van der Waals surface area contributed by atoms with Crippen molar-refractivity contribution in [2.24, 2.45) is 27.2 Å². The van der Waals surface area contributed by atoms with Gasteiger partial charge in [0.2, 0.25) is 0 Å². The van der Waals surface area contributed by atoms with E-state index in [1.807, 2.05) is 24.3 Å². The van der Waals surface area contributed by atoms with E-state index in [1.165, 1.54) is 32.1 Å². The molecule has 0 radical (unpaired) electrons. The Morgan fingerprint density at radius 2 is 1.68 bits per heavy atom. The van der Waals surface area contributed by atoms with E-state index in [0.29, 0.717) is 18.1 Å². The molecular formula is C30H47FN4O5. The predicted molar refractivity (Wildman–Crippen MR) is 156 cm³/mol. The van der Waals surface area contributed by atoms with Gasteiger partial charge in [-0.15, -0.1) is 0 Å². The number of hydrogen-bond donors (Lipinski definition) is 4. The van der Waals surface area contributed by atoms with Crippen molar-refractivity contribution in [1.82, 2.24) is 5.32 Å². The van der Waals surface area contributed by atoms with E-state index in [1.54, 1.807) is 6.92 Å². The van der Waals surface area contributed by atoms with E-state index in [-0.39, 0.29) is 13.0 Å². The second-order valence-corrected chi connectivity index (χ2v) is 10.5. The lowest BCUT2D eigenvalue weighted by Gasteiger charge is -2.32. The third-order valence-corrected chi connectivity index (χ3v) is 7.17. The topological polar surface area (TPSA) is 136 Å². The Morgan fingerprint density at radius 1 is 1.05 bits per heavy atom. The first kappa shape index (κ1) is 33.5. The molecule has 1 fully saturated rings. The van der Waals surface area contributed by atoms with Gasteiger partial charge < -0.3 is 25.5 Å². The number of alkyl halides is 1. The largest absolute Gasteiger partial charge is 0.390 e. The first-order chi connectivity index (χ1) is 19.2. The zero-order chi connectivity index (χ0) is 29.5. The Morgan fingerprint density at radius 3 is 2.30 bits per heavy atom. The molecule has 40 heavy (non-hydrogen) atoms. The van der Waals surface area contributed by atoms with Gasteiger partial charge in [0.15, 0.2) is 12.8 Å². The van der Waals surface area contributed by atoms with Gasteiger partial charge in [-0.2, -0.15) is 10.2 Å². The van der Waals surface area contributed by atoms with Crippen LogP contribution in [-0.2, 0) is 16.2 Å². The number of benzene rings is 1. The maximum atomic E-state index is 13.9. The number of aliphatic hydroxyl groups is 3. The lowest BCUT2D eigenvalue weighted by molar-refractivity contribution is -0.125. The molecule has 2 unspecified atom stereocenters. The third-order valence-electron chi connectivity index (χ3n) is 7.17. The summed E-state index contributed by atoms with van der Waals surface area (Å²) in [6.07, 6.45) is 2.51. The smallest absolute Gasteiger partial charge is 0.261 e. The van der Waals surface area contributed by atoms with Gasteiger partial charge >= 0.3 is 0 Å². The molecule has 6 atom stereocenters. The van der Waals surface area contributed by atoms with E-state index in [4.69, 9.17) is 4.84 Å². The molecule has 1 saturated carbocycles. The third kappa shape index (κ3) is 10.4. The SMILES string of the molecule is CCC.CC[C@@H](O)[C@@H](O)[C@H](O)[C@@H]([18F])/C=N/OCC(=O)NCc1ccc(C2=NN=C(C)C3CCCCCCC23)cc1. The molecule has 2 aliphatic rings. The van der Waals surface area contributed by atoms with Gasteiger partial charge in [-0.05, 0) is 37.3 Å². The van der Waals surface area contributed by atoms with Gasteiger partial charge in [0.25, 0.3) is 5.91 Å². The summed E-state index contributed by atoms with van der Waals surface area (Å²) in [5, 5.41) is 43.9. The number of fused-ring (bicyclic) bond motifs is 1. The van der Waals surface area contributed by atoms with Crippen molar-refractivity contribution >= 4 is 23.5 Å². The number of nitrogens with zero attached hydrogens (tertiary/aromatic N) is 3. The molecule has 1 heterocycles. The summed E-state index contributed by atoms with van der Waals surface area (Å²) in [6.45, 7) is 7.78. The van der Waals surface area contributed by atoms with E-state index in [9.17, 15) is 24.5 Å². The molecule has 10 heteroatoms. The maximum Gasteiger partial charge on any atom is 0.261 e. The first-order valence-electron chi connectivity index (χ1n) is 14.5. The van der Waals surface area contributed by atoms with E-state index >= 15 is 0 Å². The second kappa shape index (κ2) is 17.9. The molecule has 9 nitrogen and oxygen atoms in total. The van der Waals surface area contributed by atoms with Crippen LogP contribution >= 0.6 is 0 Å². The van der Waals surface area contributed by atoms with Crippen LogP contribution in [0.15, 0.2) is 39.6 Å². The minimum absolute atomic E-state index is 0.158. The second-order valence-electron chi connectivity index (χ2n) is 10.5. The normalized spacial score (nSPS) is 22.2. The lowest BCUT2D eigenvalue weighted by atomic mass is 9.74. The maximum absolute atomic E-state index is 13.9. The average molecular weight is 562 g/mol. The van der Waals surface area contributed by atoms with E-state index in [2.05, 4.69) is 41.4 Å². The zero-order valence-electron chi connectivity index (χ0n) is 24.3. The zero-order valence-corrected chi connectivity index (χ0v) is 24.3. The van der Waals surface area contributed by atoms with Gasteiger partial charge in [-0.25, -0.2) is 4.39 Å². The number of hydrogen-bond acceptors (Lipinski definition) is 8. The molecular weight excluding hydrogens is 514 g/mol. The summed E-state index contributed by atoms with van der Waals surface area (Å²) in [5.74, 6) is 0.405. The summed E-state index contributed by atoms with van der Waals surface area (Å²) < 4.78 is 13.9. The van der Waals surface area contributed by atoms with Crippen molar-refractivity contribution < 1.29 is 29.3 Å². The Hall–Kier alpha value is -2.69. The first-order valence-corrected chi connectivity index (χ1v) is 14.5. The van der Waals surface area contributed by atoms with Crippen LogP contribution in [0.3, 0.4) is 0 Å². The van der Waals surface area contributed by atoms with Crippen molar-refractivity contribution in [2.45, 2.75) is 110 Å². The molecule has 4 N–H and O–H groups in total. The number of aliphatic hydroxyl groups excluding tert-OH is 3. The highest BCUT2D eigenvalue weighted by Gasteiger charge is 2.32. The number of carbonyl (C=O) groups is 1. The number of amides is 1. The van der Waals surface area contributed by atoms with Crippen LogP contribution in [0.2, 0.25) is 0 Å². The Bertz CT molecular complexity index is 985. The van der Waals surface area contributed by atoms with Crippen molar-refractivity contribution in [3.8, 4) is 0 Å². The molecule has 0 saturated heterocycles. The van der Waals surface area contributed by atoms with Crippen LogP contribution in [0.1, 0.15) is 90.2 Å². The number of nitrogens with one attached hydrogen (secondary N) is 1. The Labute approximate surface area is 237 Å². The highest BCUT2D eigenvalue weighted by molar-refractivity contribution is 6.06. The van der Waals surface area contributed by atoms with Crippen molar-refractivity contribution in [1.29, 1.82) is 0 Å². The van der Waals surface area contributed by atoms with E-state index in [0.717, 1.165) is 35.4 Å². The number of carbonyl (C=O) groups excluding carboxylic acids is 1. The highest BCUT2D eigenvalue weighted by atomic mass is 18.2. The van der Waals surface area contributed by atoms with Crippen molar-refractivity contribution in [2.75, 3.05) is 6.61 Å². The lowest BCUT2D eigenvalue weighted by Crippen LogP contribution is -2.43. The summed E-state index contributed by atoms with van der Waals surface area (Å²) in [5.41, 5.74) is 4.14. The molecule has 1 aromatic rings. The monoisotopic (exact) mass is 561 g/mol. The quantitative estimate of drug-likeness (QED) is 0.236. The average Bonchev–Trinajstić information content (AvgIpc) is 2.94. The Kier molecular flexibility index (Phi) is 15.0.